The molecule has 1 N–H and O–H groups in total. The summed E-state index contributed by atoms with van der Waals surface area (Å²) in [5, 5.41) is 8.69. The molecule has 0 aliphatic carbocycles. The predicted octanol–water partition coefficient (Wildman–Crippen LogP) is 1.76. The maximum Gasteiger partial charge on any atom is 0.335 e. The van der Waals surface area contributed by atoms with Crippen molar-refractivity contribution < 1.29 is 14.7 Å². The first kappa shape index (κ1) is 11.2. The molecule has 0 aromatic heterocycles. The van der Waals surface area contributed by atoms with Crippen molar-refractivity contribution in [1.29, 1.82) is 0 Å². The summed E-state index contributed by atoms with van der Waals surface area (Å²) in [4.78, 5) is 23.4. The minimum Gasteiger partial charge on any atom is -0.478 e. The minimum absolute atomic E-state index is 0.00178. The van der Waals surface area contributed by atoms with E-state index in [2.05, 4.69) is 0 Å². The first-order chi connectivity index (χ1) is 7.06. The number of nitrogens with zero attached hydrogens (tertiary/aromatic N) is 1. The molecular formula is C11H13NO3. The van der Waals surface area contributed by atoms with Crippen molar-refractivity contribution in [2.24, 2.45) is 0 Å². The first-order valence-electron chi connectivity index (χ1n) is 4.66. The van der Waals surface area contributed by atoms with Crippen molar-refractivity contribution in [3.05, 3.63) is 29.8 Å². The van der Waals surface area contributed by atoms with Crippen LogP contribution in [0.5, 0.6) is 0 Å². The lowest BCUT2D eigenvalue weighted by Crippen LogP contribution is -2.24. The second-order valence-corrected chi connectivity index (χ2v) is 3.16. The van der Waals surface area contributed by atoms with Crippen LogP contribution in [-0.4, -0.2) is 24.0 Å². The van der Waals surface area contributed by atoms with Gasteiger partial charge in [0, 0.05) is 19.2 Å². The Hall–Kier alpha value is -1.84. The van der Waals surface area contributed by atoms with Crippen LogP contribution >= 0.6 is 0 Å². The predicted molar refractivity (Wildman–Crippen MR) is 57.1 cm³/mol. The molecule has 15 heavy (non-hydrogen) atoms. The van der Waals surface area contributed by atoms with Crippen molar-refractivity contribution in [2.45, 2.75) is 13.3 Å². The second-order valence-electron chi connectivity index (χ2n) is 3.16. The number of carbonyl (C=O) groups excluding carboxylic acids is 1. The van der Waals surface area contributed by atoms with E-state index in [1.807, 2.05) is 0 Å². The molecule has 1 aromatic rings. The summed E-state index contributed by atoms with van der Waals surface area (Å²) in [6.07, 6.45) is 0.428. The number of anilines is 1. The van der Waals surface area contributed by atoms with Crippen LogP contribution in [0.15, 0.2) is 24.3 Å². The molecule has 1 rings (SSSR count). The number of rotatable bonds is 3. The van der Waals surface area contributed by atoms with Crippen LogP contribution in [0.3, 0.4) is 0 Å². The van der Waals surface area contributed by atoms with E-state index < -0.39 is 5.97 Å². The second kappa shape index (κ2) is 4.59. The molecule has 0 heterocycles. The average molecular weight is 207 g/mol. The number of benzene rings is 1. The number of hydrogen-bond donors (Lipinski definition) is 1. The van der Waals surface area contributed by atoms with Crippen LogP contribution < -0.4 is 4.90 Å². The van der Waals surface area contributed by atoms with E-state index in [0.717, 1.165) is 0 Å². The highest BCUT2D eigenvalue weighted by molar-refractivity contribution is 5.93. The third kappa shape index (κ3) is 2.56. The number of carbonyl (C=O) groups is 2. The van der Waals surface area contributed by atoms with Crippen molar-refractivity contribution >= 4 is 17.6 Å². The molecule has 0 radical (unpaired) electrons. The van der Waals surface area contributed by atoms with Gasteiger partial charge in [-0.25, -0.2) is 4.79 Å². The molecule has 1 amide bonds. The lowest BCUT2D eigenvalue weighted by molar-refractivity contribution is -0.118. The first-order valence-corrected chi connectivity index (χ1v) is 4.66. The molecular weight excluding hydrogens is 194 g/mol. The molecule has 0 unspecified atom stereocenters. The summed E-state index contributed by atoms with van der Waals surface area (Å²) in [6, 6.07) is 6.21. The Morgan fingerprint density at radius 2 is 1.80 bits per heavy atom. The van der Waals surface area contributed by atoms with E-state index in [-0.39, 0.29) is 11.5 Å². The van der Waals surface area contributed by atoms with Gasteiger partial charge < -0.3 is 10.0 Å². The summed E-state index contributed by atoms with van der Waals surface area (Å²) in [7, 11) is 1.67. The number of carboxylic acid groups (broad SMARTS) is 1. The van der Waals surface area contributed by atoms with E-state index >= 15 is 0 Å². The maximum absolute atomic E-state index is 11.3. The van der Waals surface area contributed by atoms with E-state index in [0.29, 0.717) is 12.1 Å². The van der Waals surface area contributed by atoms with Crippen LogP contribution in [0.4, 0.5) is 5.69 Å². The highest BCUT2D eigenvalue weighted by Gasteiger charge is 2.09. The molecule has 0 aliphatic rings. The Labute approximate surface area is 88.1 Å². The Balaban J connectivity index is 2.89. The summed E-state index contributed by atoms with van der Waals surface area (Å²) in [6.45, 7) is 1.78. The van der Waals surface area contributed by atoms with Gasteiger partial charge in [-0.15, -0.1) is 0 Å². The Bertz CT molecular complexity index is 370. The zero-order valence-electron chi connectivity index (χ0n) is 8.73. The Morgan fingerprint density at radius 3 is 2.20 bits per heavy atom. The topological polar surface area (TPSA) is 57.6 Å². The number of aromatic carboxylic acids is 1. The van der Waals surface area contributed by atoms with Crippen molar-refractivity contribution in [3.8, 4) is 0 Å². The third-order valence-corrected chi connectivity index (χ3v) is 2.18. The molecule has 1 aromatic carbocycles. The normalized spacial score (nSPS) is 9.73. The third-order valence-electron chi connectivity index (χ3n) is 2.18. The molecule has 0 bridgehead atoms. The largest absolute Gasteiger partial charge is 0.478 e. The summed E-state index contributed by atoms with van der Waals surface area (Å²) < 4.78 is 0. The van der Waals surface area contributed by atoms with Gasteiger partial charge in [0.05, 0.1) is 5.56 Å². The standard InChI is InChI=1S/C11H13NO3/c1-3-10(13)12(2)9-6-4-8(5-7-9)11(14)15/h4-7H,3H2,1-2H3,(H,14,15). The van der Waals surface area contributed by atoms with E-state index in [9.17, 15) is 9.59 Å². The highest BCUT2D eigenvalue weighted by atomic mass is 16.4. The molecule has 4 heteroatoms. The van der Waals surface area contributed by atoms with Crippen LogP contribution in [0.2, 0.25) is 0 Å². The lowest BCUT2D eigenvalue weighted by atomic mass is 10.2. The van der Waals surface area contributed by atoms with Gasteiger partial charge in [-0.2, -0.15) is 0 Å². The molecule has 0 spiro atoms. The van der Waals surface area contributed by atoms with Gasteiger partial charge in [0.2, 0.25) is 5.91 Å². The average Bonchev–Trinajstić information content (AvgIpc) is 2.27. The molecule has 0 aliphatic heterocycles. The molecule has 0 fully saturated rings. The molecule has 4 nitrogen and oxygen atoms in total. The van der Waals surface area contributed by atoms with Crippen molar-refractivity contribution in [1.82, 2.24) is 0 Å². The van der Waals surface area contributed by atoms with Crippen molar-refractivity contribution in [3.63, 3.8) is 0 Å². The van der Waals surface area contributed by atoms with Crippen molar-refractivity contribution in [2.75, 3.05) is 11.9 Å². The fourth-order valence-corrected chi connectivity index (χ4v) is 1.21. The molecule has 0 atom stereocenters. The van der Waals surface area contributed by atoms with E-state index in [1.54, 1.807) is 26.1 Å². The van der Waals surface area contributed by atoms with Gasteiger partial charge >= 0.3 is 5.97 Å². The van der Waals surface area contributed by atoms with Crippen LogP contribution in [-0.2, 0) is 4.79 Å². The zero-order chi connectivity index (χ0) is 11.4. The Morgan fingerprint density at radius 1 is 1.27 bits per heavy atom. The highest BCUT2D eigenvalue weighted by Crippen LogP contribution is 2.14. The molecule has 0 saturated carbocycles. The van der Waals surface area contributed by atoms with Gasteiger partial charge in [0.15, 0.2) is 0 Å². The van der Waals surface area contributed by atoms with Gasteiger partial charge in [-0.1, -0.05) is 6.92 Å². The number of amides is 1. The van der Waals surface area contributed by atoms with E-state index in [4.69, 9.17) is 5.11 Å². The van der Waals surface area contributed by atoms with Crippen LogP contribution in [0, 0.1) is 0 Å². The van der Waals surface area contributed by atoms with Crippen LogP contribution in [0.1, 0.15) is 23.7 Å². The zero-order valence-corrected chi connectivity index (χ0v) is 8.73. The Kier molecular flexibility index (Phi) is 3.44. The summed E-state index contributed by atoms with van der Waals surface area (Å²) in [5.74, 6) is -0.968. The minimum atomic E-state index is -0.967. The fourth-order valence-electron chi connectivity index (χ4n) is 1.21. The summed E-state index contributed by atoms with van der Waals surface area (Å²) in [5.41, 5.74) is 0.919. The fraction of sp³-hybridized carbons (Fsp3) is 0.273. The van der Waals surface area contributed by atoms with Gasteiger partial charge in [-0.3, -0.25) is 4.79 Å². The van der Waals surface area contributed by atoms with Gasteiger partial charge in [0.25, 0.3) is 0 Å². The summed E-state index contributed by atoms with van der Waals surface area (Å²) >= 11 is 0. The molecule has 80 valence electrons. The van der Waals surface area contributed by atoms with Crippen LogP contribution in [0.25, 0.3) is 0 Å². The number of carboxylic acids is 1. The van der Waals surface area contributed by atoms with E-state index in [1.165, 1.54) is 17.0 Å². The SMILES string of the molecule is CCC(=O)N(C)c1ccc(C(=O)O)cc1. The number of hydrogen-bond acceptors (Lipinski definition) is 2. The smallest absolute Gasteiger partial charge is 0.335 e. The lowest BCUT2D eigenvalue weighted by Gasteiger charge is -2.16. The molecule has 0 saturated heterocycles. The van der Waals surface area contributed by atoms with Gasteiger partial charge in [0.1, 0.15) is 0 Å². The maximum atomic E-state index is 11.3. The quantitative estimate of drug-likeness (QED) is 0.821. The van der Waals surface area contributed by atoms with Gasteiger partial charge in [-0.05, 0) is 24.3 Å². The monoisotopic (exact) mass is 207 g/mol.